The van der Waals surface area contributed by atoms with Gasteiger partial charge in [-0.2, -0.15) is 0 Å². The van der Waals surface area contributed by atoms with Crippen LogP contribution in [0.4, 0.5) is 0 Å². The maximum atomic E-state index is 4.37. The van der Waals surface area contributed by atoms with Crippen LogP contribution in [0.2, 0.25) is 0 Å². The Hall–Kier alpha value is -0.590. The first-order valence-electron chi connectivity index (χ1n) is 4.95. The number of unbranched alkanes of at least 4 members (excludes halogenated alkanes) is 1. The van der Waals surface area contributed by atoms with E-state index in [1.807, 2.05) is 0 Å². The minimum Gasteiger partial charge on any atom is -0.286 e. The van der Waals surface area contributed by atoms with E-state index in [4.69, 9.17) is 0 Å². The topological polar surface area (TPSA) is 12.4 Å². The van der Waals surface area contributed by atoms with Gasteiger partial charge in [0.25, 0.3) is 0 Å². The summed E-state index contributed by atoms with van der Waals surface area (Å²) in [5.74, 6) is 0.742. The van der Waals surface area contributed by atoms with Gasteiger partial charge in [-0.05, 0) is 30.9 Å². The molecule has 0 fully saturated rings. The zero-order chi connectivity index (χ0) is 8.97. The van der Waals surface area contributed by atoms with Crippen molar-refractivity contribution < 1.29 is 0 Å². The third-order valence-corrected chi connectivity index (χ3v) is 2.53. The minimum absolute atomic E-state index is 0.742. The van der Waals surface area contributed by atoms with E-state index in [9.17, 15) is 0 Å². The lowest BCUT2D eigenvalue weighted by molar-refractivity contribution is 0.568. The average Bonchev–Trinajstić information content (AvgIpc) is 2.47. The Balaban J connectivity index is 2.34. The average molecular weight is 165 g/mol. The van der Waals surface area contributed by atoms with Crippen molar-refractivity contribution in [2.24, 2.45) is 10.9 Å². The number of allylic oxidation sites excluding steroid dienone is 1. The normalized spacial score (nSPS) is 18.9. The zero-order valence-corrected chi connectivity index (χ0v) is 8.43. The van der Waals surface area contributed by atoms with Crippen LogP contribution in [0.1, 0.15) is 40.0 Å². The van der Waals surface area contributed by atoms with Gasteiger partial charge < -0.3 is 0 Å². The van der Waals surface area contributed by atoms with E-state index >= 15 is 0 Å². The second kappa shape index (κ2) is 4.44. The molecule has 0 spiro atoms. The first-order valence-corrected chi connectivity index (χ1v) is 4.95. The van der Waals surface area contributed by atoms with Gasteiger partial charge in [0.05, 0.1) is 6.54 Å². The van der Waals surface area contributed by atoms with Crippen LogP contribution in [0.15, 0.2) is 16.6 Å². The number of aliphatic imine (C=N–C) groups is 1. The lowest BCUT2D eigenvalue weighted by Gasteiger charge is -2.10. The third-order valence-electron chi connectivity index (χ3n) is 2.53. The molecule has 0 N–H and O–H groups in total. The van der Waals surface area contributed by atoms with Gasteiger partial charge in [0.2, 0.25) is 0 Å². The van der Waals surface area contributed by atoms with Crippen molar-refractivity contribution in [2.75, 3.05) is 6.54 Å². The molecule has 0 aliphatic carbocycles. The van der Waals surface area contributed by atoms with Crippen LogP contribution >= 0.6 is 0 Å². The van der Waals surface area contributed by atoms with Gasteiger partial charge in [0.15, 0.2) is 0 Å². The summed E-state index contributed by atoms with van der Waals surface area (Å²) in [6.07, 6.45) is 6.22. The SMILES string of the molecule is CCCCC(C)C1=CC(C)=NC1. The van der Waals surface area contributed by atoms with Crippen molar-refractivity contribution in [2.45, 2.75) is 40.0 Å². The van der Waals surface area contributed by atoms with Crippen molar-refractivity contribution in [3.8, 4) is 0 Å². The predicted octanol–water partition coefficient (Wildman–Crippen LogP) is 3.21. The molecule has 1 rings (SSSR count). The minimum atomic E-state index is 0.742. The van der Waals surface area contributed by atoms with Crippen molar-refractivity contribution in [3.63, 3.8) is 0 Å². The highest BCUT2D eigenvalue weighted by Crippen LogP contribution is 2.20. The summed E-state index contributed by atoms with van der Waals surface area (Å²) in [6, 6.07) is 0. The summed E-state index contributed by atoms with van der Waals surface area (Å²) >= 11 is 0. The zero-order valence-electron chi connectivity index (χ0n) is 8.43. The standard InChI is InChI=1S/C11H19N/c1-4-5-6-9(2)11-7-10(3)12-8-11/h7,9H,4-6,8H2,1-3H3. The van der Waals surface area contributed by atoms with Crippen LogP contribution in [0.3, 0.4) is 0 Å². The third kappa shape index (κ3) is 2.47. The van der Waals surface area contributed by atoms with E-state index < -0.39 is 0 Å². The van der Waals surface area contributed by atoms with E-state index in [0.717, 1.165) is 12.5 Å². The van der Waals surface area contributed by atoms with Crippen LogP contribution in [0.25, 0.3) is 0 Å². The highest BCUT2D eigenvalue weighted by molar-refractivity contribution is 5.95. The van der Waals surface area contributed by atoms with Crippen LogP contribution in [0.5, 0.6) is 0 Å². The second-order valence-electron chi connectivity index (χ2n) is 3.72. The van der Waals surface area contributed by atoms with Gasteiger partial charge in [0, 0.05) is 5.71 Å². The molecule has 1 heteroatoms. The van der Waals surface area contributed by atoms with Crippen molar-refractivity contribution >= 4 is 5.71 Å². The van der Waals surface area contributed by atoms with E-state index in [1.165, 1.54) is 30.5 Å². The molecule has 1 heterocycles. The van der Waals surface area contributed by atoms with Crippen LogP contribution in [0, 0.1) is 5.92 Å². The van der Waals surface area contributed by atoms with E-state index in [1.54, 1.807) is 0 Å². The summed E-state index contributed by atoms with van der Waals surface area (Å²) in [7, 11) is 0. The molecule has 1 aliphatic heterocycles. The molecule has 0 saturated carbocycles. The Bertz CT molecular complexity index is 201. The Morgan fingerprint density at radius 2 is 2.33 bits per heavy atom. The molecule has 0 aromatic heterocycles. The first kappa shape index (κ1) is 9.50. The molecule has 0 bridgehead atoms. The fraction of sp³-hybridized carbons (Fsp3) is 0.727. The van der Waals surface area contributed by atoms with Gasteiger partial charge in [-0.1, -0.05) is 26.7 Å². The summed E-state index contributed by atoms with van der Waals surface area (Å²) in [5, 5.41) is 0. The predicted molar refractivity (Wildman–Crippen MR) is 54.7 cm³/mol. The maximum absolute atomic E-state index is 4.37. The molecule has 0 aromatic rings. The van der Waals surface area contributed by atoms with Gasteiger partial charge in [-0.3, -0.25) is 4.99 Å². The van der Waals surface area contributed by atoms with E-state index in [2.05, 4.69) is 31.8 Å². The molecule has 68 valence electrons. The maximum Gasteiger partial charge on any atom is 0.0609 e. The molecule has 0 saturated heterocycles. The Kier molecular flexibility index (Phi) is 3.51. The van der Waals surface area contributed by atoms with Gasteiger partial charge in [0.1, 0.15) is 0 Å². The Labute approximate surface area is 75.6 Å². The summed E-state index contributed by atoms with van der Waals surface area (Å²) < 4.78 is 0. The summed E-state index contributed by atoms with van der Waals surface area (Å²) in [6.45, 7) is 7.60. The molecule has 1 unspecified atom stereocenters. The first-order chi connectivity index (χ1) is 5.74. The van der Waals surface area contributed by atoms with E-state index in [0.29, 0.717) is 0 Å². The quantitative estimate of drug-likeness (QED) is 0.606. The lowest BCUT2D eigenvalue weighted by atomic mass is 9.95. The molecular weight excluding hydrogens is 146 g/mol. The Morgan fingerprint density at radius 3 is 2.83 bits per heavy atom. The molecular formula is C11H19N. The highest BCUT2D eigenvalue weighted by atomic mass is 14.8. The highest BCUT2D eigenvalue weighted by Gasteiger charge is 2.11. The van der Waals surface area contributed by atoms with Crippen molar-refractivity contribution in [3.05, 3.63) is 11.6 Å². The lowest BCUT2D eigenvalue weighted by Crippen LogP contribution is -2.00. The number of rotatable bonds is 4. The molecule has 1 nitrogen and oxygen atoms in total. The van der Waals surface area contributed by atoms with Crippen LogP contribution < -0.4 is 0 Å². The van der Waals surface area contributed by atoms with Crippen molar-refractivity contribution in [1.29, 1.82) is 0 Å². The number of nitrogens with zero attached hydrogens (tertiary/aromatic N) is 1. The van der Waals surface area contributed by atoms with Gasteiger partial charge >= 0.3 is 0 Å². The van der Waals surface area contributed by atoms with Crippen LogP contribution in [-0.2, 0) is 0 Å². The number of hydrogen-bond donors (Lipinski definition) is 0. The molecule has 0 radical (unpaired) electrons. The molecule has 1 aliphatic rings. The smallest absolute Gasteiger partial charge is 0.0609 e. The fourth-order valence-corrected chi connectivity index (χ4v) is 1.57. The molecule has 0 amide bonds. The molecule has 1 atom stereocenters. The number of hydrogen-bond acceptors (Lipinski definition) is 1. The van der Waals surface area contributed by atoms with Gasteiger partial charge in [-0.25, -0.2) is 0 Å². The van der Waals surface area contributed by atoms with E-state index in [-0.39, 0.29) is 0 Å². The second-order valence-corrected chi connectivity index (χ2v) is 3.72. The monoisotopic (exact) mass is 165 g/mol. The molecule has 12 heavy (non-hydrogen) atoms. The Morgan fingerprint density at radius 1 is 1.58 bits per heavy atom. The fourth-order valence-electron chi connectivity index (χ4n) is 1.57. The summed E-state index contributed by atoms with van der Waals surface area (Å²) in [5.41, 5.74) is 2.73. The summed E-state index contributed by atoms with van der Waals surface area (Å²) in [4.78, 5) is 4.37. The van der Waals surface area contributed by atoms with Gasteiger partial charge in [-0.15, -0.1) is 0 Å². The molecule has 0 aromatic carbocycles. The largest absolute Gasteiger partial charge is 0.286 e. The van der Waals surface area contributed by atoms with Crippen molar-refractivity contribution in [1.82, 2.24) is 0 Å². The van der Waals surface area contributed by atoms with Crippen LogP contribution in [-0.4, -0.2) is 12.3 Å².